The third kappa shape index (κ3) is 4.67. The molecule has 33 heavy (non-hydrogen) atoms. The number of nitro benzene ring substituents is 1. The fourth-order valence-electron chi connectivity index (χ4n) is 3.06. The van der Waals surface area contributed by atoms with Crippen molar-refractivity contribution in [3.05, 3.63) is 75.3 Å². The number of carbonyl (C=O) groups excluding carboxylic acids is 1. The number of aromatic nitrogens is 4. The molecule has 0 unspecified atom stereocenters. The standard InChI is InChI=1S/C21H17ClN6O5/c1-32-17-5-3-2-4-14(17)20-25-24-18-8-9-19(26-27(18)20)33-11-10-23-21(29)15-12-13(28(30)31)6-7-16(15)22/h2-9,12H,10-11H2,1H3,(H,23,29). The number of non-ortho nitro benzene ring substituents is 1. The van der Waals surface area contributed by atoms with Gasteiger partial charge < -0.3 is 14.8 Å². The highest BCUT2D eigenvalue weighted by Crippen LogP contribution is 2.28. The minimum absolute atomic E-state index is 0.0105. The highest BCUT2D eigenvalue weighted by Gasteiger charge is 2.16. The molecule has 11 nitrogen and oxygen atoms in total. The van der Waals surface area contributed by atoms with Crippen molar-refractivity contribution < 1.29 is 19.2 Å². The SMILES string of the molecule is COc1ccccc1-c1nnc2ccc(OCCNC(=O)c3cc([N+](=O)[O-])ccc3Cl)nn12. The highest BCUT2D eigenvalue weighted by atomic mass is 35.5. The number of fused-ring (bicyclic) bond motifs is 1. The molecular formula is C21H17ClN6O5. The first kappa shape index (κ1) is 22.0. The number of para-hydroxylation sites is 1. The van der Waals surface area contributed by atoms with E-state index >= 15 is 0 Å². The number of amides is 1. The number of nitro groups is 1. The van der Waals surface area contributed by atoms with Crippen LogP contribution in [0, 0.1) is 10.1 Å². The predicted molar refractivity (Wildman–Crippen MR) is 119 cm³/mol. The number of halogens is 1. The summed E-state index contributed by atoms with van der Waals surface area (Å²) in [7, 11) is 1.57. The van der Waals surface area contributed by atoms with Crippen molar-refractivity contribution in [2.24, 2.45) is 0 Å². The molecule has 0 bridgehead atoms. The van der Waals surface area contributed by atoms with Gasteiger partial charge in [0.15, 0.2) is 11.5 Å². The molecule has 0 radical (unpaired) electrons. The molecule has 168 valence electrons. The smallest absolute Gasteiger partial charge is 0.270 e. The summed E-state index contributed by atoms with van der Waals surface area (Å²) in [5, 5.41) is 26.4. The van der Waals surface area contributed by atoms with Crippen molar-refractivity contribution in [3.8, 4) is 23.0 Å². The van der Waals surface area contributed by atoms with Crippen LogP contribution in [-0.4, -0.2) is 50.9 Å². The fraction of sp³-hybridized carbons (Fsp3) is 0.143. The largest absolute Gasteiger partial charge is 0.496 e. The molecule has 1 N–H and O–H groups in total. The second-order valence-corrected chi connectivity index (χ2v) is 7.10. The van der Waals surface area contributed by atoms with Crippen LogP contribution in [0.2, 0.25) is 5.02 Å². The van der Waals surface area contributed by atoms with E-state index in [0.29, 0.717) is 23.1 Å². The van der Waals surface area contributed by atoms with Gasteiger partial charge in [-0.25, -0.2) is 0 Å². The minimum atomic E-state index is -0.595. The molecule has 2 aromatic heterocycles. The van der Waals surface area contributed by atoms with Crippen LogP contribution >= 0.6 is 11.6 Å². The maximum absolute atomic E-state index is 12.3. The second-order valence-electron chi connectivity index (χ2n) is 6.69. The Balaban J connectivity index is 1.43. The Morgan fingerprint density at radius 1 is 1.18 bits per heavy atom. The minimum Gasteiger partial charge on any atom is -0.496 e. The van der Waals surface area contributed by atoms with E-state index in [1.807, 2.05) is 24.3 Å². The van der Waals surface area contributed by atoms with Crippen LogP contribution in [0.25, 0.3) is 17.0 Å². The fourth-order valence-corrected chi connectivity index (χ4v) is 3.27. The topological polar surface area (TPSA) is 134 Å². The van der Waals surface area contributed by atoms with E-state index < -0.39 is 10.8 Å². The van der Waals surface area contributed by atoms with Crippen LogP contribution in [-0.2, 0) is 0 Å². The summed E-state index contributed by atoms with van der Waals surface area (Å²) in [6.45, 7) is 0.224. The Bertz CT molecular complexity index is 1340. The van der Waals surface area contributed by atoms with Gasteiger partial charge in [-0.15, -0.1) is 15.3 Å². The van der Waals surface area contributed by atoms with Gasteiger partial charge in [0.25, 0.3) is 11.6 Å². The number of hydrogen-bond donors (Lipinski definition) is 1. The Labute approximate surface area is 192 Å². The quantitative estimate of drug-likeness (QED) is 0.237. The maximum Gasteiger partial charge on any atom is 0.270 e. The summed E-state index contributed by atoms with van der Waals surface area (Å²) in [5.74, 6) is 0.859. The van der Waals surface area contributed by atoms with Gasteiger partial charge >= 0.3 is 0 Å². The number of methoxy groups -OCH3 is 1. The van der Waals surface area contributed by atoms with E-state index in [9.17, 15) is 14.9 Å². The zero-order valence-electron chi connectivity index (χ0n) is 17.3. The molecule has 0 saturated carbocycles. The molecule has 2 aromatic carbocycles. The Morgan fingerprint density at radius 3 is 2.79 bits per heavy atom. The number of ether oxygens (including phenoxy) is 2. The number of nitrogens with one attached hydrogen (secondary N) is 1. The van der Waals surface area contributed by atoms with Crippen molar-refractivity contribution in [2.75, 3.05) is 20.3 Å². The van der Waals surface area contributed by atoms with Gasteiger partial charge in [-0.2, -0.15) is 4.52 Å². The molecule has 4 aromatic rings. The van der Waals surface area contributed by atoms with Crippen LogP contribution in [0.1, 0.15) is 10.4 Å². The lowest BCUT2D eigenvalue weighted by Gasteiger charge is -2.09. The molecule has 1 amide bonds. The van der Waals surface area contributed by atoms with Crippen LogP contribution < -0.4 is 14.8 Å². The zero-order valence-corrected chi connectivity index (χ0v) is 18.0. The first-order valence-electron chi connectivity index (χ1n) is 9.68. The van der Waals surface area contributed by atoms with Gasteiger partial charge in [0.1, 0.15) is 12.4 Å². The van der Waals surface area contributed by atoms with Crippen molar-refractivity contribution >= 4 is 28.8 Å². The Kier molecular flexibility index (Phi) is 6.31. The van der Waals surface area contributed by atoms with Crippen LogP contribution in [0.4, 0.5) is 5.69 Å². The third-order valence-corrected chi connectivity index (χ3v) is 4.96. The summed E-state index contributed by atoms with van der Waals surface area (Å²) < 4.78 is 12.6. The summed E-state index contributed by atoms with van der Waals surface area (Å²) in [6, 6.07) is 14.4. The van der Waals surface area contributed by atoms with Crippen LogP contribution in [0.3, 0.4) is 0 Å². The number of nitrogens with zero attached hydrogens (tertiary/aromatic N) is 5. The molecule has 0 aliphatic carbocycles. The number of benzene rings is 2. The van der Waals surface area contributed by atoms with Gasteiger partial charge in [0.05, 0.1) is 34.7 Å². The van der Waals surface area contributed by atoms with Crippen molar-refractivity contribution in [3.63, 3.8) is 0 Å². The molecule has 12 heteroatoms. The van der Waals surface area contributed by atoms with Crippen LogP contribution in [0.15, 0.2) is 54.6 Å². The predicted octanol–water partition coefficient (Wildman–Crippen LogP) is 3.17. The van der Waals surface area contributed by atoms with E-state index in [1.54, 1.807) is 19.2 Å². The van der Waals surface area contributed by atoms with Gasteiger partial charge in [-0.1, -0.05) is 23.7 Å². The molecule has 0 aliphatic heterocycles. The molecular weight excluding hydrogens is 452 g/mol. The summed E-state index contributed by atoms with van der Waals surface area (Å²) >= 11 is 5.99. The third-order valence-electron chi connectivity index (χ3n) is 4.63. The Morgan fingerprint density at radius 2 is 2.00 bits per heavy atom. The first-order valence-corrected chi connectivity index (χ1v) is 10.1. The van der Waals surface area contributed by atoms with E-state index in [0.717, 1.165) is 11.6 Å². The lowest BCUT2D eigenvalue weighted by molar-refractivity contribution is -0.384. The molecule has 0 saturated heterocycles. The maximum atomic E-state index is 12.3. The van der Waals surface area contributed by atoms with Crippen molar-refractivity contribution in [1.82, 2.24) is 25.1 Å². The highest BCUT2D eigenvalue weighted by molar-refractivity contribution is 6.33. The van der Waals surface area contributed by atoms with Crippen molar-refractivity contribution in [1.29, 1.82) is 0 Å². The normalized spacial score (nSPS) is 10.7. The van der Waals surface area contributed by atoms with Gasteiger partial charge in [-0.05, 0) is 24.3 Å². The number of hydrogen-bond acceptors (Lipinski definition) is 8. The molecule has 0 aliphatic rings. The average Bonchev–Trinajstić information content (AvgIpc) is 3.25. The number of rotatable bonds is 8. The Hall–Kier alpha value is -4.25. The van der Waals surface area contributed by atoms with Gasteiger partial charge in [-0.3, -0.25) is 14.9 Å². The average molecular weight is 469 g/mol. The van der Waals surface area contributed by atoms with Gasteiger partial charge in [0, 0.05) is 18.2 Å². The first-order chi connectivity index (χ1) is 16.0. The molecule has 4 rings (SSSR count). The van der Waals surface area contributed by atoms with E-state index in [-0.39, 0.29) is 29.4 Å². The summed E-state index contributed by atoms with van der Waals surface area (Å²) in [4.78, 5) is 22.7. The van der Waals surface area contributed by atoms with Crippen LogP contribution in [0.5, 0.6) is 11.6 Å². The molecule has 2 heterocycles. The van der Waals surface area contributed by atoms with Gasteiger partial charge in [0.2, 0.25) is 5.88 Å². The lowest BCUT2D eigenvalue weighted by atomic mass is 10.2. The van der Waals surface area contributed by atoms with E-state index in [2.05, 4.69) is 20.6 Å². The second kappa shape index (κ2) is 9.49. The summed E-state index contributed by atoms with van der Waals surface area (Å²) in [6.07, 6.45) is 0. The molecule has 0 atom stereocenters. The van der Waals surface area contributed by atoms with Crippen molar-refractivity contribution in [2.45, 2.75) is 0 Å². The molecule has 0 fully saturated rings. The zero-order chi connectivity index (χ0) is 23.4. The monoisotopic (exact) mass is 468 g/mol. The van der Waals surface area contributed by atoms with E-state index in [4.69, 9.17) is 21.1 Å². The lowest BCUT2D eigenvalue weighted by Crippen LogP contribution is -2.28. The van der Waals surface area contributed by atoms with E-state index in [1.165, 1.54) is 16.6 Å². The summed E-state index contributed by atoms with van der Waals surface area (Å²) in [5.41, 5.74) is 1.03. The molecule has 0 spiro atoms. The number of carbonyl (C=O) groups is 1.